The molecule has 2 rings (SSSR count). The molecule has 0 aliphatic rings. The monoisotopic (exact) mass is 375 g/mol. The quantitative estimate of drug-likeness (QED) is 0.687. The Bertz CT molecular complexity index is 915. The molecular formula is C20H25NO6. The molecule has 0 bridgehead atoms. The predicted molar refractivity (Wildman–Crippen MR) is 101 cm³/mol. The van der Waals surface area contributed by atoms with Crippen LogP contribution in [0, 0.1) is 13.8 Å². The summed E-state index contributed by atoms with van der Waals surface area (Å²) in [5.74, 6) is -0.990. The van der Waals surface area contributed by atoms with E-state index in [2.05, 4.69) is 5.32 Å². The summed E-state index contributed by atoms with van der Waals surface area (Å²) in [5.41, 5.74) is 1.39. The van der Waals surface area contributed by atoms with Gasteiger partial charge in [-0.15, -0.1) is 0 Å². The molecule has 1 aromatic heterocycles. The lowest BCUT2D eigenvalue weighted by atomic mass is 10.0. The summed E-state index contributed by atoms with van der Waals surface area (Å²) in [5, 5.41) is 12.5. The molecule has 0 unspecified atom stereocenters. The second-order valence-electron chi connectivity index (χ2n) is 6.54. The van der Waals surface area contributed by atoms with Crippen molar-refractivity contribution in [1.29, 1.82) is 0 Å². The molecule has 0 aliphatic carbocycles. The van der Waals surface area contributed by atoms with E-state index in [0.29, 0.717) is 35.3 Å². The zero-order valence-electron chi connectivity index (χ0n) is 16.0. The zero-order chi connectivity index (χ0) is 20.1. The third-order valence-electron chi connectivity index (χ3n) is 4.69. The minimum absolute atomic E-state index is 0.226. The van der Waals surface area contributed by atoms with E-state index in [9.17, 15) is 19.5 Å². The highest BCUT2D eigenvalue weighted by molar-refractivity contribution is 5.88. The molecule has 0 radical (unpaired) electrons. The molecule has 0 aliphatic heterocycles. The van der Waals surface area contributed by atoms with Crippen LogP contribution in [0.5, 0.6) is 5.75 Å². The molecule has 7 nitrogen and oxygen atoms in total. The van der Waals surface area contributed by atoms with Gasteiger partial charge in [0, 0.05) is 10.9 Å². The van der Waals surface area contributed by atoms with Crippen LogP contribution in [0.1, 0.15) is 42.9 Å². The Morgan fingerprint density at radius 3 is 2.56 bits per heavy atom. The van der Waals surface area contributed by atoms with E-state index >= 15 is 0 Å². The smallest absolute Gasteiger partial charge is 0.340 e. The Kier molecular flexibility index (Phi) is 6.60. The van der Waals surface area contributed by atoms with Gasteiger partial charge in [-0.2, -0.15) is 0 Å². The number of carboxylic acids is 1. The van der Waals surface area contributed by atoms with Gasteiger partial charge in [-0.05, 0) is 38.0 Å². The van der Waals surface area contributed by atoms with E-state index in [-0.39, 0.29) is 12.0 Å². The molecule has 0 saturated heterocycles. The number of hydrogen-bond acceptors (Lipinski definition) is 5. The average molecular weight is 375 g/mol. The highest BCUT2D eigenvalue weighted by atomic mass is 16.5. The maximum absolute atomic E-state index is 12.4. The number of carboxylic acid groups (broad SMARTS) is 1. The fourth-order valence-electron chi connectivity index (χ4n) is 3.07. The number of benzene rings is 1. The number of methoxy groups -OCH3 is 1. The van der Waals surface area contributed by atoms with E-state index in [0.717, 1.165) is 11.8 Å². The highest BCUT2D eigenvalue weighted by Crippen LogP contribution is 2.29. The Labute approximate surface area is 157 Å². The fraction of sp³-hybridized carbons (Fsp3) is 0.450. The Balaban J connectivity index is 2.32. The number of carbonyl (C=O) groups excluding carboxylic acids is 1. The molecule has 0 saturated carbocycles. The van der Waals surface area contributed by atoms with Gasteiger partial charge in [0.05, 0.1) is 19.1 Å². The molecule has 2 aromatic rings. The molecular weight excluding hydrogens is 350 g/mol. The van der Waals surface area contributed by atoms with Crippen LogP contribution in [0.15, 0.2) is 21.3 Å². The topological polar surface area (TPSA) is 106 Å². The third-order valence-corrected chi connectivity index (χ3v) is 4.69. The van der Waals surface area contributed by atoms with Crippen molar-refractivity contribution < 1.29 is 23.8 Å². The number of fused-ring (bicyclic) bond motifs is 1. The molecule has 27 heavy (non-hydrogen) atoms. The highest BCUT2D eigenvalue weighted by Gasteiger charge is 2.22. The lowest BCUT2D eigenvalue weighted by Gasteiger charge is -2.15. The molecule has 0 fully saturated rings. The number of ether oxygens (including phenoxy) is 1. The van der Waals surface area contributed by atoms with Crippen LogP contribution < -0.4 is 15.7 Å². The summed E-state index contributed by atoms with van der Waals surface area (Å²) in [4.78, 5) is 36.0. The molecule has 1 aromatic carbocycles. The number of aliphatic carboxylic acids is 1. The van der Waals surface area contributed by atoms with Gasteiger partial charge in [-0.1, -0.05) is 19.8 Å². The fourth-order valence-corrected chi connectivity index (χ4v) is 3.07. The Morgan fingerprint density at radius 1 is 1.26 bits per heavy atom. The van der Waals surface area contributed by atoms with Gasteiger partial charge in [0.1, 0.15) is 17.4 Å². The minimum Gasteiger partial charge on any atom is -0.496 e. The molecule has 1 amide bonds. The number of aryl methyl sites for hydroxylation is 2. The van der Waals surface area contributed by atoms with Crippen LogP contribution in [-0.2, 0) is 16.0 Å². The molecule has 1 heterocycles. The van der Waals surface area contributed by atoms with Crippen LogP contribution in [0.2, 0.25) is 0 Å². The van der Waals surface area contributed by atoms with Crippen molar-refractivity contribution in [2.24, 2.45) is 0 Å². The number of rotatable bonds is 8. The predicted octanol–water partition coefficient (Wildman–Crippen LogP) is 2.72. The van der Waals surface area contributed by atoms with Gasteiger partial charge in [-0.3, -0.25) is 4.79 Å². The third kappa shape index (κ3) is 4.48. The zero-order valence-corrected chi connectivity index (χ0v) is 16.0. The van der Waals surface area contributed by atoms with Crippen molar-refractivity contribution in [2.75, 3.05) is 7.11 Å². The van der Waals surface area contributed by atoms with Crippen molar-refractivity contribution >= 4 is 22.8 Å². The van der Waals surface area contributed by atoms with Crippen LogP contribution in [0.4, 0.5) is 0 Å². The number of carbonyl (C=O) groups is 2. The Hall–Kier alpha value is -2.83. The van der Waals surface area contributed by atoms with E-state index in [1.165, 1.54) is 7.11 Å². The number of amides is 1. The maximum Gasteiger partial charge on any atom is 0.340 e. The van der Waals surface area contributed by atoms with E-state index in [1.54, 1.807) is 26.0 Å². The summed E-state index contributed by atoms with van der Waals surface area (Å²) >= 11 is 0. The van der Waals surface area contributed by atoms with Crippen molar-refractivity contribution in [3.8, 4) is 5.75 Å². The van der Waals surface area contributed by atoms with E-state index in [1.807, 2.05) is 6.92 Å². The SMILES string of the molecule is CCCC[C@@H](NC(=O)Cc1c(C)c2ccc(OC)c(C)c2oc1=O)C(=O)O. The second kappa shape index (κ2) is 8.70. The molecule has 7 heteroatoms. The number of nitrogens with one attached hydrogen (secondary N) is 1. The van der Waals surface area contributed by atoms with Gasteiger partial charge in [-0.25, -0.2) is 9.59 Å². The summed E-state index contributed by atoms with van der Waals surface area (Å²) < 4.78 is 10.7. The average Bonchev–Trinajstić information content (AvgIpc) is 2.62. The molecule has 0 spiro atoms. The van der Waals surface area contributed by atoms with Crippen molar-refractivity contribution in [3.05, 3.63) is 39.2 Å². The first-order valence-corrected chi connectivity index (χ1v) is 8.92. The first-order valence-electron chi connectivity index (χ1n) is 8.92. The van der Waals surface area contributed by atoms with Crippen molar-refractivity contribution in [1.82, 2.24) is 5.32 Å². The maximum atomic E-state index is 12.4. The number of hydrogen-bond donors (Lipinski definition) is 2. The summed E-state index contributed by atoms with van der Waals surface area (Å²) in [6.45, 7) is 5.49. The largest absolute Gasteiger partial charge is 0.496 e. The Morgan fingerprint density at radius 2 is 1.96 bits per heavy atom. The molecule has 2 N–H and O–H groups in total. The van der Waals surface area contributed by atoms with Crippen LogP contribution >= 0.6 is 0 Å². The van der Waals surface area contributed by atoms with Gasteiger partial charge in [0.15, 0.2) is 0 Å². The van der Waals surface area contributed by atoms with E-state index in [4.69, 9.17) is 9.15 Å². The first kappa shape index (κ1) is 20.5. The van der Waals surface area contributed by atoms with Crippen LogP contribution in [-0.4, -0.2) is 30.1 Å². The molecule has 146 valence electrons. The molecule has 1 atom stereocenters. The normalized spacial score (nSPS) is 12.0. The first-order chi connectivity index (χ1) is 12.8. The minimum atomic E-state index is -1.08. The second-order valence-corrected chi connectivity index (χ2v) is 6.54. The van der Waals surface area contributed by atoms with Crippen LogP contribution in [0.25, 0.3) is 11.0 Å². The van der Waals surface area contributed by atoms with Crippen molar-refractivity contribution in [3.63, 3.8) is 0 Å². The van der Waals surface area contributed by atoms with Gasteiger partial charge in [0.2, 0.25) is 5.91 Å². The van der Waals surface area contributed by atoms with Gasteiger partial charge >= 0.3 is 11.6 Å². The number of unbranched alkanes of at least 4 members (excludes halogenated alkanes) is 1. The standard InChI is InChI=1S/C20H25NO6/c1-5-6-7-15(19(23)24)21-17(22)10-14-11(2)13-8-9-16(26-4)12(3)18(13)27-20(14)25/h8-9,15H,5-7,10H2,1-4H3,(H,21,22)(H,23,24)/t15-/m1/s1. The van der Waals surface area contributed by atoms with Gasteiger partial charge in [0.25, 0.3) is 0 Å². The lowest BCUT2D eigenvalue weighted by Crippen LogP contribution is -2.42. The van der Waals surface area contributed by atoms with Crippen LogP contribution in [0.3, 0.4) is 0 Å². The summed E-state index contributed by atoms with van der Waals surface area (Å²) in [6, 6.07) is 2.60. The summed E-state index contributed by atoms with van der Waals surface area (Å²) in [6.07, 6.45) is 1.64. The van der Waals surface area contributed by atoms with E-state index < -0.39 is 23.5 Å². The van der Waals surface area contributed by atoms with Gasteiger partial charge < -0.3 is 19.6 Å². The lowest BCUT2D eigenvalue weighted by molar-refractivity contribution is -0.142. The van der Waals surface area contributed by atoms with Crippen molar-refractivity contribution in [2.45, 2.75) is 52.5 Å². The summed E-state index contributed by atoms with van der Waals surface area (Å²) in [7, 11) is 1.54.